The SMILES string of the molecule is CC1CCCCN1S(=O)(=O)N[C@@H](C)CN. The van der Waals surface area contributed by atoms with E-state index in [1.165, 1.54) is 0 Å². The molecular formula is C9H21N3O2S. The molecule has 6 heteroatoms. The molecule has 0 radical (unpaired) electrons. The molecule has 1 unspecified atom stereocenters. The molecule has 0 bridgehead atoms. The number of piperidine rings is 1. The summed E-state index contributed by atoms with van der Waals surface area (Å²) in [7, 11) is -3.34. The lowest BCUT2D eigenvalue weighted by Gasteiger charge is -2.33. The zero-order valence-electron chi connectivity index (χ0n) is 9.44. The molecule has 0 amide bonds. The molecule has 0 aromatic carbocycles. The average Bonchev–Trinajstić information content (AvgIpc) is 2.17. The normalized spacial score (nSPS) is 26.5. The second-order valence-electron chi connectivity index (χ2n) is 4.22. The van der Waals surface area contributed by atoms with Crippen LogP contribution in [-0.2, 0) is 10.2 Å². The number of nitrogens with one attached hydrogen (secondary N) is 1. The third-order valence-electron chi connectivity index (χ3n) is 2.75. The standard InChI is InChI=1S/C9H21N3O2S/c1-8(7-10)11-15(13,14)12-6-4-3-5-9(12)2/h8-9,11H,3-7,10H2,1-2H3/t8-,9?/m0/s1. The van der Waals surface area contributed by atoms with Gasteiger partial charge < -0.3 is 5.73 Å². The highest BCUT2D eigenvalue weighted by Crippen LogP contribution is 2.19. The number of nitrogens with zero attached hydrogens (tertiary/aromatic N) is 1. The van der Waals surface area contributed by atoms with Crippen LogP contribution < -0.4 is 10.5 Å². The molecule has 0 aromatic rings. The van der Waals surface area contributed by atoms with Gasteiger partial charge in [-0.15, -0.1) is 0 Å². The molecular weight excluding hydrogens is 214 g/mol. The lowest BCUT2D eigenvalue weighted by molar-refractivity contribution is 0.264. The first kappa shape index (κ1) is 12.9. The number of hydrogen-bond acceptors (Lipinski definition) is 3. The van der Waals surface area contributed by atoms with Crippen molar-refractivity contribution in [2.75, 3.05) is 13.1 Å². The van der Waals surface area contributed by atoms with Gasteiger partial charge in [0.2, 0.25) is 0 Å². The Kier molecular flexibility index (Phi) is 4.51. The summed E-state index contributed by atoms with van der Waals surface area (Å²) in [5.41, 5.74) is 5.40. The van der Waals surface area contributed by atoms with Crippen LogP contribution in [0.2, 0.25) is 0 Å². The van der Waals surface area contributed by atoms with Crippen molar-refractivity contribution in [2.24, 2.45) is 5.73 Å². The van der Waals surface area contributed by atoms with Crippen molar-refractivity contribution in [2.45, 2.75) is 45.2 Å². The van der Waals surface area contributed by atoms with Gasteiger partial charge in [0.05, 0.1) is 0 Å². The first-order valence-corrected chi connectivity index (χ1v) is 6.90. The van der Waals surface area contributed by atoms with Crippen molar-refractivity contribution < 1.29 is 8.42 Å². The van der Waals surface area contributed by atoms with Crippen molar-refractivity contribution >= 4 is 10.2 Å². The molecule has 0 aliphatic carbocycles. The minimum Gasteiger partial charge on any atom is -0.329 e. The molecule has 1 saturated heterocycles. The first-order chi connectivity index (χ1) is 6.97. The zero-order valence-corrected chi connectivity index (χ0v) is 10.3. The Morgan fingerprint density at radius 2 is 2.20 bits per heavy atom. The Labute approximate surface area is 92.2 Å². The number of hydrogen-bond donors (Lipinski definition) is 2. The summed E-state index contributed by atoms with van der Waals surface area (Å²) < 4.78 is 28.0. The third kappa shape index (κ3) is 3.41. The maximum Gasteiger partial charge on any atom is 0.279 e. The van der Waals surface area contributed by atoms with E-state index in [-0.39, 0.29) is 12.1 Å². The molecule has 0 spiro atoms. The van der Waals surface area contributed by atoms with Crippen LogP contribution >= 0.6 is 0 Å². The Hall–Kier alpha value is -0.170. The lowest BCUT2D eigenvalue weighted by atomic mass is 10.1. The van der Waals surface area contributed by atoms with Gasteiger partial charge in [0, 0.05) is 25.2 Å². The molecule has 0 saturated carbocycles. The Bertz CT molecular complexity index is 292. The van der Waals surface area contributed by atoms with Crippen LogP contribution in [-0.4, -0.2) is 37.9 Å². The van der Waals surface area contributed by atoms with E-state index >= 15 is 0 Å². The molecule has 5 nitrogen and oxygen atoms in total. The average molecular weight is 235 g/mol. The van der Waals surface area contributed by atoms with E-state index < -0.39 is 10.2 Å². The van der Waals surface area contributed by atoms with E-state index in [4.69, 9.17) is 5.73 Å². The molecule has 2 atom stereocenters. The number of nitrogens with two attached hydrogens (primary N) is 1. The molecule has 1 heterocycles. The van der Waals surface area contributed by atoms with Gasteiger partial charge in [0.15, 0.2) is 0 Å². The van der Waals surface area contributed by atoms with E-state index in [2.05, 4.69) is 4.72 Å². The van der Waals surface area contributed by atoms with E-state index in [1.807, 2.05) is 6.92 Å². The van der Waals surface area contributed by atoms with Crippen LogP contribution in [0.1, 0.15) is 33.1 Å². The predicted octanol–water partition coefficient (Wildman–Crippen LogP) is 0.0424. The molecule has 1 aliphatic heterocycles. The van der Waals surface area contributed by atoms with Gasteiger partial charge in [0.1, 0.15) is 0 Å². The lowest BCUT2D eigenvalue weighted by Crippen LogP contribution is -2.51. The topological polar surface area (TPSA) is 75.4 Å². The summed E-state index contributed by atoms with van der Waals surface area (Å²) in [5, 5.41) is 0. The maximum absolute atomic E-state index is 11.9. The maximum atomic E-state index is 11.9. The van der Waals surface area contributed by atoms with Gasteiger partial charge in [-0.3, -0.25) is 0 Å². The van der Waals surface area contributed by atoms with E-state index in [0.29, 0.717) is 13.1 Å². The van der Waals surface area contributed by atoms with Gasteiger partial charge in [-0.2, -0.15) is 17.4 Å². The van der Waals surface area contributed by atoms with E-state index in [0.717, 1.165) is 19.3 Å². The second-order valence-corrected chi connectivity index (χ2v) is 5.87. The third-order valence-corrected chi connectivity index (χ3v) is 4.61. The molecule has 1 rings (SSSR count). The summed E-state index contributed by atoms with van der Waals surface area (Å²) in [4.78, 5) is 0. The van der Waals surface area contributed by atoms with Crippen LogP contribution in [0.4, 0.5) is 0 Å². The van der Waals surface area contributed by atoms with Gasteiger partial charge in [-0.25, -0.2) is 0 Å². The highest BCUT2D eigenvalue weighted by molar-refractivity contribution is 7.87. The van der Waals surface area contributed by atoms with Crippen molar-refractivity contribution in [1.29, 1.82) is 0 Å². The quantitative estimate of drug-likeness (QED) is 0.722. The first-order valence-electron chi connectivity index (χ1n) is 5.46. The van der Waals surface area contributed by atoms with E-state index in [9.17, 15) is 8.42 Å². The van der Waals surface area contributed by atoms with Gasteiger partial charge >= 0.3 is 0 Å². The summed E-state index contributed by atoms with van der Waals surface area (Å²) in [6.45, 7) is 4.66. The minimum absolute atomic E-state index is 0.0984. The largest absolute Gasteiger partial charge is 0.329 e. The summed E-state index contributed by atoms with van der Waals surface area (Å²) in [6, 6.07) is -0.106. The summed E-state index contributed by atoms with van der Waals surface area (Å²) in [5.74, 6) is 0. The van der Waals surface area contributed by atoms with Crippen molar-refractivity contribution in [1.82, 2.24) is 9.03 Å². The smallest absolute Gasteiger partial charge is 0.279 e. The Morgan fingerprint density at radius 1 is 1.53 bits per heavy atom. The van der Waals surface area contributed by atoms with Crippen LogP contribution in [0, 0.1) is 0 Å². The molecule has 1 aliphatic rings. The molecule has 90 valence electrons. The minimum atomic E-state index is -3.34. The molecule has 0 aromatic heterocycles. The van der Waals surface area contributed by atoms with Gasteiger partial charge in [-0.1, -0.05) is 6.42 Å². The predicted molar refractivity (Wildman–Crippen MR) is 60.6 cm³/mol. The van der Waals surface area contributed by atoms with Crippen molar-refractivity contribution in [3.8, 4) is 0 Å². The fourth-order valence-corrected chi connectivity index (χ4v) is 3.49. The Balaban J connectivity index is 2.67. The monoisotopic (exact) mass is 235 g/mol. The molecule has 1 fully saturated rings. The Morgan fingerprint density at radius 3 is 2.73 bits per heavy atom. The molecule has 3 N–H and O–H groups in total. The zero-order chi connectivity index (χ0) is 11.5. The van der Waals surface area contributed by atoms with Crippen LogP contribution in [0.5, 0.6) is 0 Å². The highest BCUT2D eigenvalue weighted by atomic mass is 32.2. The van der Waals surface area contributed by atoms with Crippen LogP contribution in [0.25, 0.3) is 0 Å². The van der Waals surface area contributed by atoms with Crippen LogP contribution in [0.15, 0.2) is 0 Å². The number of rotatable bonds is 4. The fraction of sp³-hybridized carbons (Fsp3) is 1.00. The summed E-state index contributed by atoms with van der Waals surface area (Å²) in [6.07, 6.45) is 3.00. The van der Waals surface area contributed by atoms with Gasteiger partial charge in [0.25, 0.3) is 10.2 Å². The van der Waals surface area contributed by atoms with E-state index in [1.54, 1.807) is 11.2 Å². The summed E-state index contributed by atoms with van der Waals surface area (Å²) >= 11 is 0. The van der Waals surface area contributed by atoms with Crippen molar-refractivity contribution in [3.63, 3.8) is 0 Å². The van der Waals surface area contributed by atoms with Gasteiger partial charge in [-0.05, 0) is 26.7 Å². The highest BCUT2D eigenvalue weighted by Gasteiger charge is 2.29. The second kappa shape index (κ2) is 5.25. The van der Waals surface area contributed by atoms with Crippen LogP contribution in [0.3, 0.4) is 0 Å². The van der Waals surface area contributed by atoms with Crippen molar-refractivity contribution in [3.05, 3.63) is 0 Å². The molecule has 15 heavy (non-hydrogen) atoms. The fourth-order valence-electron chi connectivity index (χ4n) is 1.80.